The van der Waals surface area contributed by atoms with Crippen molar-refractivity contribution >= 4 is 24.1 Å². The van der Waals surface area contributed by atoms with E-state index in [9.17, 15) is 19.2 Å². The summed E-state index contributed by atoms with van der Waals surface area (Å²) in [5, 5.41) is 2.49. The molecular formula is C15H20N3O4. The maximum absolute atomic E-state index is 12.2. The molecule has 0 bridgehead atoms. The highest BCUT2D eigenvalue weighted by atomic mass is 16.2. The molecule has 22 heavy (non-hydrogen) atoms. The van der Waals surface area contributed by atoms with Gasteiger partial charge in [0.2, 0.25) is 6.29 Å². The van der Waals surface area contributed by atoms with E-state index in [1.165, 1.54) is 4.90 Å². The van der Waals surface area contributed by atoms with Gasteiger partial charge in [0.1, 0.15) is 6.04 Å². The highest BCUT2D eigenvalue weighted by molar-refractivity contribution is 6.38. The van der Waals surface area contributed by atoms with Gasteiger partial charge in [-0.2, -0.15) is 0 Å². The van der Waals surface area contributed by atoms with E-state index in [1.807, 2.05) is 6.08 Å². The highest BCUT2D eigenvalue weighted by Gasteiger charge is 2.36. The third-order valence-corrected chi connectivity index (χ3v) is 4.02. The van der Waals surface area contributed by atoms with Crippen LogP contribution in [0.4, 0.5) is 4.79 Å². The van der Waals surface area contributed by atoms with Crippen LogP contribution in [0.15, 0.2) is 11.6 Å². The first-order valence-corrected chi connectivity index (χ1v) is 7.56. The number of allylic oxidation sites excluding steroid dienone is 1. The normalized spacial score (nSPS) is 20.5. The van der Waals surface area contributed by atoms with Gasteiger partial charge in [0.15, 0.2) is 0 Å². The number of hydrogen-bond acceptors (Lipinski definition) is 4. The Morgan fingerprint density at radius 3 is 2.68 bits per heavy atom. The summed E-state index contributed by atoms with van der Waals surface area (Å²) in [4.78, 5) is 49.3. The number of rotatable bonds is 4. The van der Waals surface area contributed by atoms with Crippen molar-refractivity contribution in [3.05, 3.63) is 11.6 Å². The van der Waals surface area contributed by atoms with Crippen LogP contribution >= 0.6 is 0 Å². The first-order chi connectivity index (χ1) is 10.6. The minimum Gasteiger partial charge on any atom is -0.333 e. The van der Waals surface area contributed by atoms with Crippen molar-refractivity contribution in [2.24, 2.45) is 0 Å². The van der Waals surface area contributed by atoms with Gasteiger partial charge in [-0.25, -0.2) is 4.79 Å². The lowest BCUT2D eigenvalue weighted by molar-refractivity contribution is -0.153. The molecule has 0 aromatic carbocycles. The van der Waals surface area contributed by atoms with Gasteiger partial charge in [-0.1, -0.05) is 6.08 Å². The molecule has 1 aliphatic heterocycles. The zero-order valence-electron chi connectivity index (χ0n) is 12.6. The van der Waals surface area contributed by atoms with Gasteiger partial charge in [-0.3, -0.25) is 19.3 Å². The van der Waals surface area contributed by atoms with Gasteiger partial charge >= 0.3 is 17.8 Å². The van der Waals surface area contributed by atoms with Crippen LogP contribution in [-0.4, -0.2) is 59.6 Å². The molecule has 7 nitrogen and oxygen atoms in total. The topological polar surface area (TPSA) is 86.8 Å². The molecule has 2 rings (SSSR count). The first kappa shape index (κ1) is 16.2. The van der Waals surface area contributed by atoms with E-state index in [2.05, 4.69) is 5.32 Å². The fourth-order valence-corrected chi connectivity index (χ4v) is 2.69. The molecule has 0 aromatic heterocycles. The van der Waals surface area contributed by atoms with Crippen LogP contribution in [0.25, 0.3) is 0 Å². The Labute approximate surface area is 129 Å². The molecule has 0 spiro atoms. The molecule has 1 atom stereocenters. The van der Waals surface area contributed by atoms with E-state index in [-0.39, 0.29) is 6.54 Å². The van der Waals surface area contributed by atoms with Crippen LogP contribution in [0, 0.1) is 0 Å². The molecule has 4 amide bonds. The predicted octanol–water partition coefficient (Wildman–Crippen LogP) is 0.365. The molecule has 7 heteroatoms. The van der Waals surface area contributed by atoms with Crippen molar-refractivity contribution in [1.82, 2.24) is 15.1 Å². The summed E-state index contributed by atoms with van der Waals surface area (Å²) in [6.45, 7) is 2.65. The molecule has 2 aliphatic rings. The van der Waals surface area contributed by atoms with Crippen LogP contribution < -0.4 is 5.32 Å². The average Bonchev–Trinajstić information content (AvgIpc) is 2.55. The van der Waals surface area contributed by atoms with Gasteiger partial charge < -0.3 is 10.2 Å². The molecule has 0 saturated carbocycles. The number of hydrogen-bond donors (Lipinski definition) is 1. The predicted molar refractivity (Wildman–Crippen MR) is 78.5 cm³/mol. The molecule has 1 saturated heterocycles. The molecule has 1 N–H and O–H groups in total. The van der Waals surface area contributed by atoms with Crippen molar-refractivity contribution < 1.29 is 19.2 Å². The number of carbonyl (C=O) groups excluding carboxylic acids is 4. The highest BCUT2D eigenvalue weighted by Crippen LogP contribution is 2.20. The van der Waals surface area contributed by atoms with Crippen molar-refractivity contribution in [2.45, 2.75) is 38.6 Å². The molecule has 1 fully saturated rings. The van der Waals surface area contributed by atoms with Crippen LogP contribution in [0.5, 0.6) is 0 Å². The summed E-state index contributed by atoms with van der Waals surface area (Å²) in [6, 6.07) is -1.56. The maximum Gasteiger partial charge on any atom is 0.325 e. The second-order valence-electron chi connectivity index (χ2n) is 5.37. The van der Waals surface area contributed by atoms with Gasteiger partial charge in [0, 0.05) is 19.6 Å². The summed E-state index contributed by atoms with van der Waals surface area (Å²) in [5.74, 6) is -1.54. The van der Waals surface area contributed by atoms with Crippen LogP contribution in [0.3, 0.4) is 0 Å². The van der Waals surface area contributed by atoms with Crippen LogP contribution in [0.2, 0.25) is 0 Å². The lowest BCUT2D eigenvalue weighted by atomic mass is 9.94. The summed E-state index contributed by atoms with van der Waals surface area (Å²) >= 11 is 0. The third-order valence-electron chi connectivity index (χ3n) is 4.02. The lowest BCUT2D eigenvalue weighted by Crippen LogP contribution is -2.59. The Morgan fingerprint density at radius 1 is 1.32 bits per heavy atom. The Bertz CT molecular complexity index is 515. The van der Waals surface area contributed by atoms with Crippen molar-refractivity contribution in [3.63, 3.8) is 0 Å². The summed E-state index contributed by atoms with van der Waals surface area (Å²) in [6.07, 6.45) is 7.37. The number of urea groups is 1. The Hall–Kier alpha value is -2.18. The van der Waals surface area contributed by atoms with E-state index < -0.39 is 23.9 Å². The first-order valence-electron chi connectivity index (χ1n) is 7.56. The Balaban J connectivity index is 2.02. The Kier molecular flexibility index (Phi) is 5.30. The van der Waals surface area contributed by atoms with E-state index in [0.717, 1.165) is 36.2 Å². The minimum absolute atomic E-state index is 0.134. The average molecular weight is 306 g/mol. The summed E-state index contributed by atoms with van der Waals surface area (Å²) in [7, 11) is 0. The minimum atomic E-state index is -0.854. The molecule has 1 aliphatic carbocycles. The second-order valence-corrected chi connectivity index (χ2v) is 5.37. The zero-order valence-corrected chi connectivity index (χ0v) is 12.6. The second kappa shape index (κ2) is 7.20. The summed E-state index contributed by atoms with van der Waals surface area (Å²) < 4.78 is 0. The third kappa shape index (κ3) is 3.35. The SMILES string of the molecule is CCN1CCN(C(=O)NC([C]=O)C2=CCCCC2)C(=O)C1=O. The monoisotopic (exact) mass is 306 g/mol. The molecule has 1 heterocycles. The van der Waals surface area contributed by atoms with Gasteiger partial charge in [0.05, 0.1) is 0 Å². The van der Waals surface area contributed by atoms with E-state index >= 15 is 0 Å². The zero-order chi connectivity index (χ0) is 16.1. The maximum atomic E-state index is 12.2. The molecule has 1 radical (unpaired) electrons. The van der Waals surface area contributed by atoms with Crippen molar-refractivity contribution in [2.75, 3.05) is 19.6 Å². The van der Waals surface area contributed by atoms with E-state index in [0.29, 0.717) is 13.1 Å². The van der Waals surface area contributed by atoms with Gasteiger partial charge in [0.25, 0.3) is 0 Å². The van der Waals surface area contributed by atoms with Crippen LogP contribution in [0.1, 0.15) is 32.6 Å². The standard InChI is InChI=1S/C15H20N3O4/c1-2-17-8-9-18(14(21)13(17)20)15(22)16-12(10-19)11-6-4-3-5-7-11/h6,12H,2-5,7-9H2,1H3,(H,16,22). The van der Waals surface area contributed by atoms with Gasteiger partial charge in [-0.05, 0) is 38.2 Å². The van der Waals surface area contributed by atoms with Crippen molar-refractivity contribution in [1.29, 1.82) is 0 Å². The number of likely N-dealkylation sites (N-methyl/N-ethyl adjacent to an activating group) is 1. The Morgan fingerprint density at radius 2 is 2.09 bits per heavy atom. The van der Waals surface area contributed by atoms with E-state index in [1.54, 1.807) is 13.2 Å². The summed E-state index contributed by atoms with van der Waals surface area (Å²) in [5.41, 5.74) is 0.820. The largest absolute Gasteiger partial charge is 0.333 e. The van der Waals surface area contributed by atoms with E-state index in [4.69, 9.17) is 0 Å². The number of nitrogens with zero attached hydrogens (tertiary/aromatic N) is 2. The number of amides is 4. The fraction of sp³-hybridized carbons (Fsp3) is 0.600. The van der Waals surface area contributed by atoms with Crippen molar-refractivity contribution in [3.8, 4) is 0 Å². The molecular weight excluding hydrogens is 286 g/mol. The lowest BCUT2D eigenvalue weighted by Gasteiger charge is -2.32. The number of carbonyl (C=O) groups is 3. The number of nitrogens with one attached hydrogen (secondary N) is 1. The fourth-order valence-electron chi connectivity index (χ4n) is 2.69. The quantitative estimate of drug-likeness (QED) is 0.600. The van der Waals surface area contributed by atoms with Crippen LogP contribution in [-0.2, 0) is 14.4 Å². The number of piperazine rings is 1. The smallest absolute Gasteiger partial charge is 0.325 e. The molecule has 1 unspecified atom stereocenters. The molecule has 0 aromatic rings. The number of imide groups is 1. The van der Waals surface area contributed by atoms with Gasteiger partial charge in [-0.15, -0.1) is 0 Å². The molecule has 119 valence electrons.